The molecule has 0 atom stereocenters. The molecule has 2 rings (SSSR count). The summed E-state index contributed by atoms with van der Waals surface area (Å²) in [6.07, 6.45) is 0.885. The second-order valence-corrected chi connectivity index (χ2v) is 3.13. The van der Waals surface area contributed by atoms with Crippen molar-refractivity contribution in [2.45, 2.75) is 6.42 Å². The Hall–Kier alpha value is -1.55. The van der Waals surface area contributed by atoms with Crippen LogP contribution >= 0.6 is 0 Å². The molecule has 2 N–H and O–H groups in total. The maximum Gasteiger partial charge on any atom is 0.265 e. The smallest absolute Gasteiger partial charge is 0.265 e. The zero-order valence-corrected chi connectivity index (χ0v) is 7.96. The first-order chi connectivity index (χ1) is 6.81. The Morgan fingerprint density at radius 2 is 2.36 bits per heavy atom. The predicted octanol–water partition coefficient (Wildman–Crippen LogP) is 0.486. The summed E-state index contributed by atoms with van der Waals surface area (Å²) in [5.74, 6) is 0.771. The first kappa shape index (κ1) is 9.02. The van der Waals surface area contributed by atoms with E-state index in [1.54, 1.807) is 13.1 Å². The van der Waals surface area contributed by atoms with Crippen LogP contribution < -0.4 is 15.6 Å². The second-order valence-electron chi connectivity index (χ2n) is 3.13. The van der Waals surface area contributed by atoms with Crippen LogP contribution in [0.25, 0.3) is 0 Å². The molecule has 1 aromatic rings. The van der Waals surface area contributed by atoms with Gasteiger partial charge in [-0.2, -0.15) is 0 Å². The van der Waals surface area contributed by atoms with Gasteiger partial charge in [-0.3, -0.25) is 10.2 Å². The summed E-state index contributed by atoms with van der Waals surface area (Å²) in [4.78, 5) is 11.4. The first-order valence-corrected chi connectivity index (χ1v) is 4.54. The van der Waals surface area contributed by atoms with Crippen LogP contribution in [0.4, 0.5) is 0 Å². The molecule has 0 unspecified atom stereocenters. The Morgan fingerprint density at radius 1 is 1.50 bits per heavy atom. The SMILES string of the molecule is CNNC(=O)c1ccc2c(c1)CCO2. The average Bonchev–Trinajstić information content (AvgIpc) is 2.64. The molecule has 74 valence electrons. The minimum Gasteiger partial charge on any atom is -0.493 e. The van der Waals surface area contributed by atoms with E-state index in [0.29, 0.717) is 12.2 Å². The molecule has 1 heterocycles. The highest BCUT2D eigenvalue weighted by Crippen LogP contribution is 2.25. The summed E-state index contributed by atoms with van der Waals surface area (Å²) in [6, 6.07) is 5.47. The van der Waals surface area contributed by atoms with Crippen molar-refractivity contribution in [3.63, 3.8) is 0 Å². The van der Waals surface area contributed by atoms with Crippen molar-refractivity contribution < 1.29 is 9.53 Å². The minimum atomic E-state index is -0.123. The van der Waals surface area contributed by atoms with Crippen molar-refractivity contribution in [2.75, 3.05) is 13.7 Å². The van der Waals surface area contributed by atoms with Gasteiger partial charge in [0.25, 0.3) is 5.91 Å². The number of carbonyl (C=O) groups is 1. The number of hydrogen-bond donors (Lipinski definition) is 2. The summed E-state index contributed by atoms with van der Waals surface area (Å²) in [6.45, 7) is 0.715. The molecule has 1 amide bonds. The second kappa shape index (κ2) is 3.67. The highest BCUT2D eigenvalue weighted by atomic mass is 16.5. The summed E-state index contributed by atoms with van der Waals surface area (Å²) in [5, 5.41) is 0. The number of nitrogens with one attached hydrogen (secondary N) is 2. The number of hydrazine groups is 1. The lowest BCUT2D eigenvalue weighted by Gasteiger charge is -2.04. The number of amides is 1. The molecule has 1 aromatic carbocycles. The number of rotatable bonds is 2. The molecule has 1 aliphatic heterocycles. The molecule has 0 spiro atoms. The van der Waals surface area contributed by atoms with Gasteiger partial charge in [-0.25, -0.2) is 5.43 Å². The van der Waals surface area contributed by atoms with E-state index in [1.165, 1.54) is 0 Å². The van der Waals surface area contributed by atoms with Crippen LogP contribution in [0.5, 0.6) is 5.75 Å². The molecule has 0 aliphatic carbocycles. The molecule has 0 saturated heterocycles. The van der Waals surface area contributed by atoms with Crippen molar-refractivity contribution in [1.29, 1.82) is 0 Å². The summed E-state index contributed by atoms with van der Waals surface area (Å²) >= 11 is 0. The van der Waals surface area contributed by atoms with Crippen LogP contribution in [0.3, 0.4) is 0 Å². The fraction of sp³-hybridized carbons (Fsp3) is 0.300. The Morgan fingerprint density at radius 3 is 3.14 bits per heavy atom. The molecule has 4 heteroatoms. The number of benzene rings is 1. The van der Waals surface area contributed by atoms with Crippen LogP contribution in [0.2, 0.25) is 0 Å². The fourth-order valence-electron chi connectivity index (χ4n) is 1.51. The highest BCUT2D eigenvalue weighted by molar-refractivity contribution is 5.94. The van der Waals surface area contributed by atoms with Crippen molar-refractivity contribution in [1.82, 2.24) is 10.9 Å². The maximum absolute atomic E-state index is 11.4. The van der Waals surface area contributed by atoms with Crippen LogP contribution in [0.15, 0.2) is 18.2 Å². The van der Waals surface area contributed by atoms with Gasteiger partial charge in [0.15, 0.2) is 0 Å². The van der Waals surface area contributed by atoms with Gasteiger partial charge in [0.1, 0.15) is 5.75 Å². The van der Waals surface area contributed by atoms with Gasteiger partial charge >= 0.3 is 0 Å². The van der Waals surface area contributed by atoms with Crippen molar-refractivity contribution in [3.05, 3.63) is 29.3 Å². The van der Waals surface area contributed by atoms with Gasteiger partial charge in [-0.1, -0.05) is 0 Å². The predicted molar refractivity (Wildman–Crippen MR) is 52.2 cm³/mol. The van der Waals surface area contributed by atoms with E-state index >= 15 is 0 Å². The number of hydrogen-bond acceptors (Lipinski definition) is 3. The number of fused-ring (bicyclic) bond motifs is 1. The van der Waals surface area contributed by atoms with Crippen molar-refractivity contribution in [2.24, 2.45) is 0 Å². The maximum atomic E-state index is 11.4. The molecule has 0 radical (unpaired) electrons. The zero-order chi connectivity index (χ0) is 9.97. The number of carbonyl (C=O) groups excluding carboxylic acids is 1. The minimum absolute atomic E-state index is 0.123. The average molecular weight is 192 g/mol. The third-order valence-electron chi connectivity index (χ3n) is 2.19. The van der Waals surface area contributed by atoms with Crippen molar-refractivity contribution >= 4 is 5.91 Å². The highest BCUT2D eigenvalue weighted by Gasteiger charge is 2.14. The lowest BCUT2D eigenvalue weighted by molar-refractivity contribution is 0.0938. The first-order valence-electron chi connectivity index (χ1n) is 4.54. The van der Waals surface area contributed by atoms with Gasteiger partial charge < -0.3 is 4.74 Å². The van der Waals surface area contributed by atoms with Crippen LogP contribution in [-0.2, 0) is 6.42 Å². The summed E-state index contributed by atoms with van der Waals surface area (Å²) < 4.78 is 5.35. The topological polar surface area (TPSA) is 50.4 Å². The quantitative estimate of drug-likeness (QED) is 0.670. The molecule has 0 fully saturated rings. The van der Waals surface area contributed by atoms with Gasteiger partial charge in [0.05, 0.1) is 6.61 Å². The number of ether oxygens (including phenoxy) is 1. The molecule has 0 aromatic heterocycles. The lowest BCUT2D eigenvalue weighted by atomic mass is 10.1. The monoisotopic (exact) mass is 192 g/mol. The van der Waals surface area contributed by atoms with E-state index in [4.69, 9.17) is 4.74 Å². The van der Waals surface area contributed by atoms with Crippen LogP contribution in [0, 0.1) is 0 Å². The van der Waals surface area contributed by atoms with E-state index in [9.17, 15) is 4.79 Å². The Bertz CT molecular complexity index is 363. The molecular weight excluding hydrogens is 180 g/mol. The molecule has 4 nitrogen and oxygen atoms in total. The van der Waals surface area contributed by atoms with Gasteiger partial charge in [-0.05, 0) is 23.8 Å². The van der Waals surface area contributed by atoms with E-state index in [0.717, 1.165) is 17.7 Å². The summed E-state index contributed by atoms with van der Waals surface area (Å²) in [7, 11) is 1.66. The Kier molecular flexibility index (Phi) is 2.37. The van der Waals surface area contributed by atoms with Gasteiger partial charge in [-0.15, -0.1) is 0 Å². The Balaban J connectivity index is 2.24. The van der Waals surface area contributed by atoms with Gasteiger partial charge in [0, 0.05) is 19.0 Å². The standard InChI is InChI=1S/C10H12N2O2/c1-11-12-10(13)8-2-3-9-7(6-8)4-5-14-9/h2-3,6,11H,4-5H2,1H3,(H,12,13). The van der Waals surface area contributed by atoms with E-state index in [2.05, 4.69) is 10.9 Å². The van der Waals surface area contributed by atoms with Gasteiger partial charge in [0.2, 0.25) is 0 Å². The normalized spacial score (nSPS) is 13.2. The van der Waals surface area contributed by atoms with E-state index in [1.807, 2.05) is 12.1 Å². The van der Waals surface area contributed by atoms with Crippen LogP contribution in [-0.4, -0.2) is 19.6 Å². The van der Waals surface area contributed by atoms with Crippen LogP contribution in [0.1, 0.15) is 15.9 Å². The zero-order valence-electron chi connectivity index (χ0n) is 7.96. The van der Waals surface area contributed by atoms with E-state index < -0.39 is 0 Å². The molecular formula is C10H12N2O2. The molecule has 1 aliphatic rings. The molecule has 0 saturated carbocycles. The largest absolute Gasteiger partial charge is 0.493 e. The van der Waals surface area contributed by atoms with Crippen molar-refractivity contribution in [3.8, 4) is 5.75 Å². The molecule has 0 bridgehead atoms. The fourth-order valence-corrected chi connectivity index (χ4v) is 1.51. The van der Waals surface area contributed by atoms with E-state index in [-0.39, 0.29) is 5.91 Å². The Labute approximate surface area is 82.2 Å². The lowest BCUT2D eigenvalue weighted by Crippen LogP contribution is -2.34. The third kappa shape index (κ3) is 1.56. The summed E-state index contributed by atoms with van der Waals surface area (Å²) in [5.41, 5.74) is 6.89. The molecule has 14 heavy (non-hydrogen) atoms. The third-order valence-corrected chi connectivity index (χ3v) is 2.19.